The fourth-order valence-corrected chi connectivity index (χ4v) is 4.43. The molecule has 0 saturated carbocycles. The van der Waals surface area contributed by atoms with Gasteiger partial charge in [0, 0.05) is 31.8 Å². The van der Waals surface area contributed by atoms with Gasteiger partial charge >= 0.3 is 0 Å². The van der Waals surface area contributed by atoms with Gasteiger partial charge in [-0.1, -0.05) is 12.1 Å². The molecule has 28 heavy (non-hydrogen) atoms. The smallest absolute Gasteiger partial charge is 0.261 e. The highest BCUT2D eigenvalue weighted by Crippen LogP contribution is 2.53. The molecule has 1 aromatic carbocycles. The summed E-state index contributed by atoms with van der Waals surface area (Å²) in [6.07, 6.45) is 5.13. The molecular formula is C22H28O6. The Morgan fingerprint density at radius 3 is 2.29 bits per heavy atom. The molecule has 0 fully saturated rings. The van der Waals surface area contributed by atoms with Crippen molar-refractivity contribution in [1.29, 1.82) is 0 Å². The molecule has 1 N–H and O–H groups in total. The Hall–Kier alpha value is -2.28. The fourth-order valence-electron chi connectivity index (χ4n) is 4.43. The van der Waals surface area contributed by atoms with Gasteiger partial charge in [0.15, 0.2) is 17.3 Å². The van der Waals surface area contributed by atoms with Gasteiger partial charge in [-0.15, -0.1) is 6.58 Å². The lowest BCUT2D eigenvalue weighted by molar-refractivity contribution is -0.279. The molecule has 1 atom stereocenters. The minimum Gasteiger partial charge on any atom is -0.495 e. The summed E-state index contributed by atoms with van der Waals surface area (Å²) in [5.41, 5.74) is 2.24. The van der Waals surface area contributed by atoms with E-state index in [9.17, 15) is 5.11 Å². The van der Waals surface area contributed by atoms with E-state index in [0.717, 1.165) is 35.1 Å². The molecule has 6 nitrogen and oxygen atoms in total. The summed E-state index contributed by atoms with van der Waals surface area (Å²) < 4.78 is 28.4. The molecule has 0 aliphatic heterocycles. The molecule has 0 unspecified atom stereocenters. The number of rotatable bonds is 7. The zero-order valence-corrected chi connectivity index (χ0v) is 17.1. The topological polar surface area (TPSA) is 66.4 Å². The lowest BCUT2D eigenvalue weighted by Crippen LogP contribution is -2.59. The maximum absolute atomic E-state index is 11.7. The summed E-state index contributed by atoms with van der Waals surface area (Å²) in [4.78, 5) is 0. The first-order chi connectivity index (χ1) is 13.5. The lowest BCUT2D eigenvalue weighted by atomic mass is 9.71. The van der Waals surface area contributed by atoms with Crippen LogP contribution in [0.15, 0.2) is 42.2 Å². The minimum absolute atomic E-state index is 0.208. The first-order valence-corrected chi connectivity index (χ1v) is 9.15. The van der Waals surface area contributed by atoms with Crippen molar-refractivity contribution in [3.05, 3.63) is 53.3 Å². The average molecular weight is 388 g/mol. The Kier molecular flexibility index (Phi) is 5.57. The number of hydrogen-bond acceptors (Lipinski definition) is 6. The van der Waals surface area contributed by atoms with Crippen LogP contribution in [0.3, 0.4) is 0 Å². The fraction of sp³-hybridized carbons (Fsp3) is 0.455. The van der Waals surface area contributed by atoms with Gasteiger partial charge in [-0.25, -0.2) is 0 Å². The van der Waals surface area contributed by atoms with Crippen molar-refractivity contribution >= 4 is 5.57 Å². The maximum Gasteiger partial charge on any atom is 0.261 e. The average Bonchev–Trinajstić information content (AvgIpc) is 2.71. The molecule has 1 aromatic rings. The van der Waals surface area contributed by atoms with Crippen LogP contribution in [0.2, 0.25) is 0 Å². The van der Waals surface area contributed by atoms with Gasteiger partial charge in [0.2, 0.25) is 0 Å². The Balaban J connectivity index is 2.37. The maximum atomic E-state index is 11.7. The molecule has 2 aliphatic carbocycles. The summed E-state index contributed by atoms with van der Waals surface area (Å²) in [5.74, 6) is 0.236. The minimum atomic E-state index is -1.52. The van der Waals surface area contributed by atoms with Gasteiger partial charge in [0.1, 0.15) is 5.60 Å². The van der Waals surface area contributed by atoms with Gasteiger partial charge in [0.05, 0.1) is 21.3 Å². The number of hydrogen-bond donors (Lipinski definition) is 1. The predicted molar refractivity (Wildman–Crippen MR) is 106 cm³/mol. The van der Waals surface area contributed by atoms with Crippen molar-refractivity contribution in [2.45, 2.75) is 30.7 Å². The monoisotopic (exact) mass is 388 g/mol. The number of ether oxygens (including phenoxy) is 5. The van der Waals surface area contributed by atoms with Crippen LogP contribution in [-0.4, -0.2) is 52.0 Å². The van der Waals surface area contributed by atoms with Crippen molar-refractivity contribution in [3.8, 4) is 11.5 Å². The van der Waals surface area contributed by atoms with E-state index in [4.69, 9.17) is 23.7 Å². The van der Waals surface area contributed by atoms with Crippen molar-refractivity contribution < 1.29 is 28.8 Å². The summed E-state index contributed by atoms with van der Waals surface area (Å²) in [5, 5.41) is 11.7. The van der Waals surface area contributed by atoms with Crippen LogP contribution < -0.4 is 9.47 Å². The summed E-state index contributed by atoms with van der Waals surface area (Å²) in [6.45, 7) is 3.79. The molecule has 0 amide bonds. The quantitative estimate of drug-likeness (QED) is 0.571. The third-order valence-electron chi connectivity index (χ3n) is 5.63. The second kappa shape index (κ2) is 7.62. The number of fused-ring (bicyclic) bond motifs is 3. The molecule has 0 spiro atoms. The highest BCUT2D eigenvalue weighted by molar-refractivity contribution is 5.89. The van der Waals surface area contributed by atoms with Gasteiger partial charge in [-0.2, -0.15) is 0 Å². The van der Waals surface area contributed by atoms with Crippen molar-refractivity contribution in [3.63, 3.8) is 0 Å². The molecule has 6 heteroatoms. The van der Waals surface area contributed by atoms with Crippen LogP contribution in [0.5, 0.6) is 11.5 Å². The van der Waals surface area contributed by atoms with Gasteiger partial charge in [-0.3, -0.25) is 0 Å². The lowest BCUT2D eigenvalue weighted by Gasteiger charge is -2.48. The van der Waals surface area contributed by atoms with E-state index >= 15 is 0 Å². The highest BCUT2D eigenvalue weighted by atomic mass is 16.7. The van der Waals surface area contributed by atoms with E-state index in [2.05, 4.69) is 6.58 Å². The van der Waals surface area contributed by atoms with Crippen molar-refractivity contribution in [1.82, 2.24) is 0 Å². The molecular weight excluding hydrogens is 360 g/mol. The van der Waals surface area contributed by atoms with E-state index in [-0.39, 0.29) is 6.42 Å². The van der Waals surface area contributed by atoms with Crippen molar-refractivity contribution in [2.75, 3.05) is 35.5 Å². The molecule has 0 radical (unpaired) electrons. The molecule has 2 aliphatic rings. The van der Waals surface area contributed by atoms with E-state index in [1.165, 1.54) is 14.2 Å². The third kappa shape index (κ3) is 2.67. The molecule has 152 valence electrons. The van der Waals surface area contributed by atoms with Crippen LogP contribution in [0.25, 0.3) is 5.57 Å². The molecule has 0 aromatic heterocycles. The Morgan fingerprint density at radius 2 is 1.75 bits per heavy atom. The van der Waals surface area contributed by atoms with E-state index in [1.807, 2.05) is 12.1 Å². The molecule has 3 rings (SSSR count). The molecule has 0 saturated heterocycles. The molecule has 0 heterocycles. The first-order valence-electron chi connectivity index (χ1n) is 9.15. The first kappa shape index (κ1) is 20.5. The van der Waals surface area contributed by atoms with Crippen LogP contribution in [0.4, 0.5) is 0 Å². The largest absolute Gasteiger partial charge is 0.495 e. The SMILES string of the molecule is C=CC[C@]1(O)C=C2C(=C(OC)C1(OC)OC)CCc1ccc(OC)c(OC)c12. The standard InChI is InChI=1S/C22H28O6/c1-7-12-21(23)13-16-15(20(26-4)22(21,27-5)28-6)10-8-14-9-11-17(24-2)19(25-3)18(14)16/h7,9,11,13,23H,1,8,10,12H2,2-6H3/t21-/m0/s1. The zero-order valence-electron chi connectivity index (χ0n) is 17.1. The normalized spacial score (nSPS) is 22.7. The zero-order chi connectivity index (χ0) is 20.5. The second-order valence-electron chi connectivity index (χ2n) is 6.85. The van der Waals surface area contributed by atoms with Gasteiger partial charge in [0.25, 0.3) is 5.79 Å². The summed E-state index contributed by atoms with van der Waals surface area (Å²) in [6, 6.07) is 3.93. The Bertz CT molecular complexity index is 834. The molecule has 0 bridgehead atoms. The summed E-state index contributed by atoms with van der Waals surface area (Å²) in [7, 11) is 7.77. The summed E-state index contributed by atoms with van der Waals surface area (Å²) >= 11 is 0. The van der Waals surface area contributed by atoms with Gasteiger partial charge in [-0.05, 0) is 36.1 Å². The number of allylic oxidation sites excluding steroid dienone is 2. The number of aryl methyl sites for hydroxylation is 1. The van der Waals surface area contributed by atoms with E-state index in [1.54, 1.807) is 33.5 Å². The number of methoxy groups -OCH3 is 5. The second-order valence-corrected chi connectivity index (χ2v) is 6.85. The van der Waals surface area contributed by atoms with Crippen LogP contribution >= 0.6 is 0 Å². The van der Waals surface area contributed by atoms with E-state index in [0.29, 0.717) is 17.3 Å². The predicted octanol–water partition coefficient (Wildman–Crippen LogP) is 3.24. The van der Waals surface area contributed by atoms with Crippen LogP contribution in [0, 0.1) is 0 Å². The van der Waals surface area contributed by atoms with Crippen LogP contribution in [-0.2, 0) is 20.6 Å². The van der Waals surface area contributed by atoms with Crippen LogP contribution in [0.1, 0.15) is 24.0 Å². The van der Waals surface area contributed by atoms with Crippen molar-refractivity contribution in [2.24, 2.45) is 0 Å². The number of aliphatic hydroxyl groups is 1. The van der Waals surface area contributed by atoms with Gasteiger partial charge < -0.3 is 28.8 Å². The Labute approximate surface area is 166 Å². The number of benzene rings is 1. The third-order valence-corrected chi connectivity index (χ3v) is 5.63. The van der Waals surface area contributed by atoms with E-state index < -0.39 is 11.4 Å². The Morgan fingerprint density at radius 1 is 1.04 bits per heavy atom. The highest BCUT2D eigenvalue weighted by Gasteiger charge is 2.58.